The topological polar surface area (TPSA) is 77.0 Å². The Morgan fingerprint density at radius 3 is 2.95 bits per heavy atom. The smallest absolute Gasteiger partial charge is 0.328 e. The van der Waals surface area contributed by atoms with Crippen LogP contribution in [0.2, 0.25) is 5.28 Å². The first-order valence-corrected chi connectivity index (χ1v) is 7.66. The van der Waals surface area contributed by atoms with Gasteiger partial charge in [-0.15, -0.1) is 0 Å². The zero-order valence-electron chi connectivity index (χ0n) is 12.7. The van der Waals surface area contributed by atoms with Gasteiger partial charge in [0.2, 0.25) is 5.28 Å². The lowest BCUT2D eigenvalue weighted by atomic mass is 10.1. The predicted octanol–water partition coefficient (Wildman–Crippen LogP) is 3.21. The minimum Gasteiger partial charge on any atom is -0.467 e. The van der Waals surface area contributed by atoms with Gasteiger partial charge in [-0.05, 0) is 30.2 Å². The zero-order valence-corrected chi connectivity index (χ0v) is 13.4. The van der Waals surface area contributed by atoms with Crippen LogP contribution in [0.1, 0.15) is 32.6 Å². The second kappa shape index (κ2) is 7.89. The van der Waals surface area contributed by atoms with E-state index in [0.717, 1.165) is 19.3 Å². The second-order valence-electron chi connectivity index (χ2n) is 4.93. The fourth-order valence-electron chi connectivity index (χ4n) is 2.19. The molecule has 0 aliphatic heterocycles. The molecule has 2 rings (SSSR count). The third kappa shape index (κ3) is 4.04. The maximum absolute atomic E-state index is 12.0. The summed E-state index contributed by atoms with van der Waals surface area (Å²) in [5, 5.41) is 3.21. The van der Waals surface area contributed by atoms with Crippen LogP contribution in [0, 0.1) is 0 Å². The van der Waals surface area contributed by atoms with Crippen molar-refractivity contribution in [1.29, 1.82) is 0 Å². The van der Waals surface area contributed by atoms with Gasteiger partial charge in [0.25, 0.3) is 0 Å². The monoisotopic (exact) mass is 322 g/mol. The number of anilines is 1. The molecule has 1 atom stereocenters. The molecule has 0 saturated heterocycles. The maximum Gasteiger partial charge on any atom is 0.328 e. The summed E-state index contributed by atoms with van der Waals surface area (Å²) < 4.78 is 4.86. The van der Waals surface area contributed by atoms with Gasteiger partial charge in [-0.3, -0.25) is 4.98 Å². The van der Waals surface area contributed by atoms with Gasteiger partial charge in [-0.2, -0.15) is 4.98 Å². The summed E-state index contributed by atoms with van der Waals surface area (Å²) in [4.78, 5) is 24.5. The minimum absolute atomic E-state index is 0.111. The van der Waals surface area contributed by atoms with Crippen LogP contribution in [0.5, 0.6) is 0 Å². The second-order valence-corrected chi connectivity index (χ2v) is 5.27. The van der Waals surface area contributed by atoms with Gasteiger partial charge in [0, 0.05) is 6.20 Å². The fraction of sp³-hybridized carbons (Fsp3) is 0.467. The molecule has 118 valence electrons. The molecule has 2 aromatic rings. The number of hydrogen-bond acceptors (Lipinski definition) is 6. The lowest BCUT2D eigenvalue weighted by Gasteiger charge is -2.17. The molecule has 0 aromatic carbocycles. The lowest BCUT2D eigenvalue weighted by Crippen LogP contribution is -2.31. The first-order valence-electron chi connectivity index (χ1n) is 7.28. The van der Waals surface area contributed by atoms with Crippen LogP contribution in [-0.2, 0) is 9.53 Å². The highest BCUT2D eigenvalue weighted by molar-refractivity contribution is 6.28. The molecule has 0 amide bonds. The molecule has 6 nitrogen and oxygen atoms in total. The van der Waals surface area contributed by atoms with Crippen molar-refractivity contribution >= 4 is 34.4 Å². The number of esters is 1. The van der Waals surface area contributed by atoms with Crippen molar-refractivity contribution in [2.45, 2.75) is 38.6 Å². The number of unbranched alkanes of at least 4 members (excludes halogenated alkanes) is 2. The summed E-state index contributed by atoms with van der Waals surface area (Å²) >= 11 is 5.94. The van der Waals surface area contributed by atoms with E-state index in [4.69, 9.17) is 16.3 Å². The Morgan fingerprint density at radius 2 is 2.23 bits per heavy atom. The van der Waals surface area contributed by atoms with E-state index in [1.54, 1.807) is 18.3 Å². The average Bonchev–Trinajstić information content (AvgIpc) is 2.53. The summed E-state index contributed by atoms with van der Waals surface area (Å²) in [6.07, 6.45) is 5.37. The number of rotatable bonds is 7. The van der Waals surface area contributed by atoms with Gasteiger partial charge in [0.1, 0.15) is 11.6 Å². The normalized spacial score (nSPS) is 12.1. The molecule has 0 spiro atoms. The van der Waals surface area contributed by atoms with Crippen molar-refractivity contribution < 1.29 is 9.53 Å². The van der Waals surface area contributed by atoms with Gasteiger partial charge in [-0.25, -0.2) is 9.78 Å². The van der Waals surface area contributed by atoms with Crippen LogP contribution < -0.4 is 5.32 Å². The molecular weight excluding hydrogens is 304 g/mol. The maximum atomic E-state index is 12.0. The number of nitrogens with zero attached hydrogens (tertiary/aromatic N) is 3. The number of hydrogen-bond donors (Lipinski definition) is 1. The summed E-state index contributed by atoms with van der Waals surface area (Å²) in [6.45, 7) is 2.11. The molecule has 1 unspecified atom stereocenters. The van der Waals surface area contributed by atoms with Gasteiger partial charge < -0.3 is 10.1 Å². The first kappa shape index (κ1) is 16.4. The molecule has 2 heterocycles. The Labute approximate surface area is 134 Å². The van der Waals surface area contributed by atoms with Crippen molar-refractivity contribution in [2.75, 3.05) is 12.4 Å². The standard InChI is InChI=1S/C15H19ClN4O2/c1-3-4-5-7-11(14(21)22-2)18-13-12-10(8-6-9-17-12)19-15(16)20-13/h6,8-9,11H,3-5,7H2,1-2H3,(H,18,19,20). The number of carbonyl (C=O) groups is 1. The molecule has 0 saturated carbocycles. The number of aromatic nitrogens is 3. The van der Waals surface area contributed by atoms with Crippen molar-refractivity contribution in [3.63, 3.8) is 0 Å². The van der Waals surface area contributed by atoms with Crippen LogP contribution in [0.4, 0.5) is 5.82 Å². The van der Waals surface area contributed by atoms with Crippen LogP contribution in [0.15, 0.2) is 18.3 Å². The van der Waals surface area contributed by atoms with E-state index < -0.39 is 6.04 Å². The Kier molecular flexibility index (Phi) is 5.89. The first-order chi connectivity index (χ1) is 10.7. The van der Waals surface area contributed by atoms with Crippen LogP contribution in [-0.4, -0.2) is 34.1 Å². The van der Waals surface area contributed by atoms with Crippen LogP contribution in [0.25, 0.3) is 11.0 Å². The lowest BCUT2D eigenvalue weighted by molar-refractivity contribution is -0.141. The van der Waals surface area contributed by atoms with Crippen molar-refractivity contribution in [3.05, 3.63) is 23.6 Å². The van der Waals surface area contributed by atoms with Crippen LogP contribution >= 0.6 is 11.6 Å². The average molecular weight is 323 g/mol. The van der Waals surface area contributed by atoms with Crippen molar-refractivity contribution in [3.8, 4) is 0 Å². The largest absolute Gasteiger partial charge is 0.467 e. The van der Waals surface area contributed by atoms with E-state index in [9.17, 15) is 4.79 Å². The summed E-state index contributed by atoms with van der Waals surface area (Å²) in [5.41, 5.74) is 1.21. The number of ether oxygens (including phenoxy) is 1. The number of pyridine rings is 1. The SMILES string of the molecule is CCCCCC(Nc1nc(Cl)nc2cccnc12)C(=O)OC. The summed E-state index contributed by atoms with van der Waals surface area (Å²) in [5.74, 6) is 0.123. The molecule has 0 fully saturated rings. The van der Waals surface area contributed by atoms with Gasteiger partial charge in [0.05, 0.1) is 12.6 Å². The zero-order chi connectivity index (χ0) is 15.9. The van der Waals surface area contributed by atoms with E-state index in [0.29, 0.717) is 23.3 Å². The molecule has 1 N–H and O–H groups in total. The highest BCUT2D eigenvalue weighted by atomic mass is 35.5. The van der Waals surface area contributed by atoms with E-state index in [1.165, 1.54) is 7.11 Å². The molecular formula is C15H19ClN4O2. The fourth-order valence-corrected chi connectivity index (χ4v) is 2.37. The molecule has 0 aliphatic carbocycles. The molecule has 22 heavy (non-hydrogen) atoms. The Morgan fingerprint density at radius 1 is 1.41 bits per heavy atom. The van der Waals surface area contributed by atoms with E-state index >= 15 is 0 Å². The quantitative estimate of drug-likeness (QED) is 0.479. The van der Waals surface area contributed by atoms with E-state index in [2.05, 4.69) is 27.2 Å². The Balaban J connectivity index is 2.27. The number of fused-ring (bicyclic) bond motifs is 1. The highest BCUT2D eigenvalue weighted by Gasteiger charge is 2.21. The highest BCUT2D eigenvalue weighted by Crippen LogP contribution is 2.21. The van der Waals surface area contributed by atoms with Crippen LogP contribution in [0.3, 0.4) is 0 Å². The number of carbonyl (C=O) groups excluding carboxylic acids is 1. The third-order valence-electron chi connectivity index (χ3n) is 3.32. The minimum atomic E-state index is -0.479. The van der Waals surface area contributed by atoms with Gasteiger partial charge in [0.15, 0.2) is 5.82 Å². The van der Waals surface area contributed by atoms with Crippen molar-refractivity contribution in [1.82, 2.24) is 15.0 Å². The summed E-state index contributed by atoms with van der Waals surface area (Å²) in [6, 6.07) is 3.09. The van der Waals surface area contributed by atoms with Crippen molar-refractivity contribution in [2.24, 2.45) is 0 Å². The number of nitrogens with one attached hydrogen (secondary N) is 1. The summed E-state index contributed by atoms with van der Waals surface area (Å²) in [7, 11) is 1.38. The van der Waals surface area contributed by atoms with E-state index in [-0.39, 0.29) is 11.3 Å². The predicted molar refractivity (Wildman–Crippen MR) is 85.9 cm³/mol. The van der Waals surface area contributed by atoms with E-state index in [1.807, 2.05) is 0 Å². The molecule has 2 aromatic heterocycles. The molecule has 0 aliphatic rings. The molecule has 7 heteroatoms. The molecule has 0 radical (unpaired) electrons. The number of methoxy groups -OCH3 is 1. The van der Waals surface area contributed by atoms with Gasteiger partial charge >= 0.3 is 5.97 Å². The number of halogens is 1. The molecule has 0 bridgehead atoms. The Hall–Kier alpha value is -1.95. The third-order valence-corrected chi connectivity index (χ3v) is 3.49. The Bertz CT molecular complexity index is 650. The van der Waals surface area contributed by atoms with Gasteiger partial charge in [-0.1, -0.05) is 26.2 Å².